The molecule has 1 aromatic rings. The highest BCUT2D eigenvalue weighted by molar-refractivity contribution is 5.76. The van der Waals surface area contributed by atoms with Crippen molar-refractivity contribution in [1.29, 1.82) is 0 Å². The molecule has 0 bridgehead atoms. The molecular formula is C17H22N2O3. The number of carbonyl (C=O) groups excluding carboxylic acids is 1. The van der Waals surface area contributed by atoms with E-state index in [4.69, 9.17) is 0 Å². The van der Waals surface area contributed by atoms with Gasteiger partial charge in [0.2, 0.25) is 5.91 Å². The molecule has 1 aromatic carbocycles. The van der Waals surface area contributed by atoms with E-state index in [-0.39, 0.29) is 24.6 Å². The molecule has 1 aliphatic rings. The zero-order valence-electron chi connectivity index (χ0n) is 12.6. The van der Waals surface area contributed by atoms with Crippen LogP contribution >= 0.6 is 0 Å². The molecule has 1 fully saturated rings. The predicted molar refractivity (Wildman–Crippen MR) is 83.9 cm³/mol. The molecule has 2 rings (SSSR count). The molecule has 1 aliphatic heterocycles. The van der Waals surface area contributed by atoms with Gasteiger partial charge in [-0.3, -0.25) is 4.79 Å². The van der Waals surface area contributed by atoms with Gasteiger partial charge in [-0.1, -0.05) is 37.0 Å². The van der Waals surface area contributed by atoms with E-state index in [1.165, 1.54) is 0 Å². The zero-order chi connectivity index (χ0) is 15.9. The lowest BCUT2D eigenvalue weighted by molar-refractivity contribution is -0.122. The van der Waals surface area contributed by atoms with E-state index < -0.39 is 12.0 Å². The Bertz CT molecular complexity index is 550. The smallest absolute Gasteiger partial charge is 0.220 e. The fourth-order valence-corrected chi connectivity index (χ4v) is 2.53. The maximum atomic E-state index is 11.4. The Labute approximate surface area is 130 Å². The third kappa shape index (κ3) is 4.08. The minimum atomic E-state index is -0.766. The monoisotopic (exact) mass is 302 g/mol. The Kier molecular flexibility index (Phi) is 5.96. The molecule has 0 aliphatic carbocycles. The summed E-state index contributed by atoms with van der Waals surface area (Å²) in [6.45, 7) is 2.09. The molecule has 0 saturated carbocycles. The van der Waals surface area contributed by atoms with Gasteiger partial charge in [-0.2, -0.15) is 0 Å². The first-order valence-electron chi connectivity index (χ1n) is 7.54. The van der Waals surface area contributed by atoms with Crippen molar-refractivity contribution in [2.75, 3.05) is 13.2 Å². The van der Waals surface area contributed by atoms with Crippen molar-refractivity contribution in [2.24, 2.45) is 5.92 Å². The highest BCUT2D eigenvalue weighted by Crippen LogP contribution is 2.16. The van der Waals surface area contributed by atoms with Crippen LogP contribution in [0, 0.1) is 17.8 Å². The van der Waals surface area contributed by atoms with Gasteiger partial charge in [0, 0.05) is 18.5 Å². The van der Waals surface area contributed by atoms with Gasteiger partial charge in [0.05, 0.1) is 30.7 Å². The Morgan fingerprint density at radius 3 is 2.82 bits per heavy atom. The number of hydrogen-bond acceptors (Lipinski definition) is 4. The number of aliphatic hydroxyl groups is 2. The average Bonchev–Trinajstić information content (AvgIpc) is 2.90. The first-order valence-corrected chi connectivity index (χ1v) is 7.54. The second-order valence-corrected chi connectivity index (χ2v) is 5.38. The summed E-state index contributed by atoms with van der Waals surface area (Å²) in [4.78, 5) is 11.4. The predicted octanol–water partition coefficient (Wildman–Crippen LogP) is -0.126. The molecule has 1 heterocycles. The Morgan fingerprint density at radius 1 is 1.45 bits per heavy atom. The van der Waals surface area contributed by atoms with Gasteiger partial charge >= 0.3 is 0 Å². The molecule has 5 heteroatoms. The summed E-state index contributed by atoms with van der Waals surface area (Å²) in [5.74, 6) is 5.54. The largest absolute Gasteiger partial charge is 0.395 e. The quantitative estimate of drug-likeness (QED) is 0.584. The van der Waals surface area contributed by atoms with E-state index in [1.54, 1.807) is 6.92 Å². The van der Waals surface area contributed by atoms with Crippen molar-refractivity contribution in [3.05, 3.63) is 35.9 Å². The third-order valence-corrected chi connectivity index (χ3v) is 3.83. The van der Waals surface area contributed by atoms with Crippen LogP contribution < -0.4 is 10.6 Å². The number of rotatable bonds is 4. The van der Waals surface area contributed by atoms with Crippen LogP contribution in [0.5, 0.6) is 0 Å². The lowest BCUT2D eigenvalue weighted by Gasteiger charge is -2.22. The van der Waals surface area contributed by atoms with Crippen molar-refractivity contribution in [3.63, 3.8) is 0 Å². The van der Waals surface area contributed by atoms with Gasteiger partial charge in [-0.05, 0) is 12.1 Å². The highest BCUT2D eigenvalue weighted by Gasteiger charge is 2.38. The highest BCUT2D eigenvalue weighted by atomic mass is 16.3. The van der Waals surface area contributed by atoms with Crippen molar-refractivity contribution in [2.45, 2.75) is 31.5 Å². The van der Waals surface area contributed by atoms with Gasteiger partial charge in [0.15, 0.2) is 0 Å². The van der Waals surface area contributed by atoms with Crippen LogP contribution in [0.1, 0.15) is 18.9 Å². The maximum Gasteiger partial charge on any atom is 0.220 e. The fourth-order valence-electron chi connectivity index (χ4n) is 2.53. The summed E-state index contributed by atoms with van der Waals surface area (Å²) in [5, 5.41) is 25.8. The Balaban J connectivity index is 2.03. The summed E-state index contributed by atoms with van der Waals surface area (Å²) >= 11 is 0. The van der Waals surface area contributed by atoms with E-state index >= 15 is 0 Å². The van der Waals surface area contributed by atoms with Crippen molar-refractivity contribution in [1.82, 2.24) is 10.6 Å². The molecule has 0 spiro atoms. The van der Waals surface area contributed by atoms with Gasteiger partial charge in [0.25, 0.3) is 0 Å². The van der Waals surface area contributed by atoms with E-state index in [9.17, 15) is 15.0 Å². The third-order valence-electron chi connectivity index (χ3n) is 3.83. The van der Waals surface area contributed by atoms with Crippen LogP contribution in [-0.2, 0) is 4.79 Å². The summed E-state index contributed by atoms with van der Waals surface area (Å²) < 4.78 is 0. The Morgan fingerprint density at radius 2 is 2.18 bits per heavy atom. The van der Waals surface area contributed by atoms with Crippen LogP contribution in [0.2, 0.25) is 0 Å². The summed E-state index contributed by atoms with van der Waals surface area (Å²) in [6.07, 6.45) is -0.386. The second-order valence-electron chi connectivity index (χ2n) is 5.38. The molecule has 118 valence electrons. The average molecular weight is 302 g/mol. The number of amides is 1. The minimum Gasteiger partial charge on any atom is -0.395 e. The van der Waals surface area contributed by atoms with Crippen LogP contribution in [0.25, 0.3) is 0 Å². The SMILES string of the molecule is CCC(=O)N[C@H]1CN[C@@H](C(C#Cc2ccccc2)CO)[C@@H]1O. The van der Waals surface area contributed by atoms with Crippen molar-refractivity contribution in [3.8, 4) is 11.8 Å². The molecule has 1 unspecified atom stereocenters. The molecule has 4 N–H and O–H groups in total. The summed E-state index contributed by atoms with van der Waals surface area (Å²) in [5.41, 5.74) is 0.865. The summed E-state index contributed by atoms with van der Waals surface area (Å²) in [7, 11) is 0. The van der Waals surface area contributed by atoms with E-state index in [0.29, 0.717) is 13.0 Å². The van der Waals surface area contributed by atoms with Crippen molar-refractivity contribution >= 4 is 5.91 Å². The van der Waals surface area contributed by atoms with Gasteiger partial charge < -0.3 is 20.8 Å². The van der Waals surface area contributed by atoms with Gasteiger partial charge in [-0.25, -0.2) is 0 Å². The molecule has 4 atom stereocenters. The molecule has 0 aromatic heterocycles. The molecule has 5 nitrogen and oxygen atoms in total. The van der Waals surface area contributed by atoms with Crippen LogP contribution in [0.3, 0.4) is 0 Å². The zero-order valence-corrected chi connectivity index (χ0v) is 12.6. The van der Waals surface area contributed by atoms with Crippen molar-refractivity contribution < 1.29 is 15.0 Å². The standard InChI is InChI=1S/C17H22N2O3/c1-2-15(21)19-14-10-18-16(17(14)22)13(11-20)9-8-12-6-4-3-5-7-12/h3-7,13-14,16-18,20,22H,2,10-11H2,1H3,(H,19,21)/t13?,14-,16-,17+/m0/s1. The first kappa shape index (κ1) is 16.5. The fraction of sp³-hybridized carbons (Fsp3) is 0.471. The molecule has 1 amide bonds. The topological polar surface area (TPSA) is 81.6 Å². The Hall–Kier alpha value is -1.87. The second kappa shape index (κ2) is 7.95. The van der Waals surface area contributed by atoms with Crippen LogP contribution in [-0.4, -0.2) is 47.5 Å². The molecular weight excluding hydrogens is 280 g/mol. The summed E-state index contributed by atoms with van der Waals surface area (Å²) in [6, 6.07) is 8.80. The molecule has 22 heavy (non-hydrogen) atoms. The van der Waals surface area contributed by atoms with Crippen LogP contribution in [0.4, 0.5) is 0 Å². The maximum absolute atomic E-state index is 11.4. The first-order chi connectivity index (χ1) is 10.7. The normalized spacial score (nSPS) is 25.1. The lowest BCUT2D eigenvalue weighted by Crippen LogP contribution is -2.46. The number of carbonyl (C=O) groups is 1. The number of hydrogen-bond donors (Lipinski definition) is 4. The number of benzene rings is 1. The van der Waals surface area contributed by atoms with E-state index in [1.807, 2.05) is 30.3 Å². The molecule has 0 radical (unpaired) electrons. The molecule has 1 saturated heterocycles. The van der Waals surface area contributed by atoms with Gasteiger partial charge in [0.1, 0.15) is 0 Å². The van der Waals surface area contributed by atoms with E-state index in [0.717, 1.165) is 5.56 Å². The van der Waals surface area contributed by atoms with E-state index in [2.05, 4.69) is 22.5 Å². The van der Waals surface area contributed by atoms with Crippen LogP contribution in [0.15, 0.2) is 30.3 Å². The minimum absolute atomic E-state index is 0.0950. The lowest BCUT2D eigenvalue weighted by atomic mass is 9.95. The van der Waals surface area contributed by atoms with Gasteiger partial charge in [-0.15, -0.1) is 0 Å². The number of aliphatic hydroxyl groups excluding tert-OH is 2. The number of nitrogens with one attached hydrogen (secondary N) is 2.